The first-order chi connectivity index (χ1) is 16.7. The number of amides is 3. The van der Waals surface area contributed by atoms with Gasteiger partial charge in [-0.1, -0.05) is 6.07 Å². The van der Waals surface area contributed by atoms with Gasteiger partial charge in [-0.05, 0) is 61.3 Å². The number of ether oxygens (including phenoxy) is 1. The fourth-order valence-corrected chi connectivity index (χ4v) is 4.92. The van der Waals surface area contributed by atoms with E-state index in [1.54, 1.807) is 25.1 Å². The van der Waals surface area contributed by atoms with Gasteiger partial charge in [0.2, 0.25) is 17.7 Å². The van der Waals surface area contributed by atoms with Crippen molar-refractivity contribution in [2.75, 3.05) is 33.3 Å². The highest BCUT2D eigenvalue weighted by Gasteiger charge is 2.32. The Labute approximate surface area is 204 Å². The summed E-state index contributed by atoms with van der Waals surface area (Å²) in [5, 5.41) is 22.8. The van der Waals surface area contributed by atoms with Gasteiger partial charge in [0, 0.05) is 44.6 Å². The van der Waals surface area contributed by atoms with Gasteiger partial charge < -0.3 is 20.2 Å². The minimum atomic E-state index is -0.780. The van der Waals surface area contributed by atoms with Crippen LogP contribution in [0, 0.1) is 11.3 Å². The molecule has 1 atom stereocenters. The van der Waals surface area contributed by atoms with Crippen molar-refractivity contribution < 1.29 is 24.2 Å². The van der Waals surface area contributed by atoms with E-state index in [9.17, 15) is 19.5 Å². The lowest BCUT2D eigenvalue weighted by atomic mass is 9.86. The number of phenols is 1. The molecule has 2 aliphatic heterocycles. The highest BCUT2D eigenvalue weighted by Crippen LogP contribution is 2.33. The standard InChI is InChI=1S/C26H32N4O5/c1-16(31)30-11-9-18(10-12-30)29(2)13-14-35-19-4-5-20-17(15-19)3-7-22(32)24(20)25(27)21-6-8-23(33)28-26(21)34/h3-5,7,15,18,21,27,32H,6,8-14H2,1-2H3,(H,28,33,34). The summed E-state index contributed by atoms with van der Waals surface area (Å²) in [4.78, 5) is 39.4. The van der Waals surface area contributed by atoms with Crippen molar-refractivity contribution in [2.45, 2.75) is 38.6 Å². The van der Waals surface area contributed by atoms with E-state index in [4.69, 9.17) is 10.1 Å². The van der Waals surface area contributed by atoms with Crippen molar-refractivity contribution >= 4 is 34.2 Å². The first-order valence-electron chi connectivity index (χ1n) is 12.0. The molecule has 0 aromatic heterocycles. The molecule has 2 heterocycles. The van der Waals surface area contributed by atoms with Gasteiger partial charge in [0.1, 0.15) is 18.1 Å². The molecule has 186 valence electrons. The Kier molecular flexibility index (Phi) is 7.35. The smallest absolute Gasteiger partial charge is 0.235 e. The highest BCUT2D eigenvalue weighted by atomic mass is 16.5. The maximum absolute atomic E-state index is 12.3. The van der Waals surface area contributed by atoms with Gasteiger partial charge in [0.15, 0.2) is 0 Å². The van der Waals surface area contributed by atoms with Gasteiger partial charge >= 0.3 is 0 Å². The van der Waals surface area contributed by atoms with Crippen LogP contribution in [0.25, 0.3) is 10.8 Å². The summed E-state index contributed by atoms with van der Waals surface area (Å²) in [6.45, 7) is 4.46. The van der Waals surface area contributed by atoms with E-state index in [2.05, 4.69) is 17.3 Å². The number of piperidine rings is 2. The fourth-order valence-electron chi connectivity index (χ4n) is 4.92. The third-order valence-electron chi connectivity index (χ3n) is 7.07. The van der Waals surface area contributed by atoms with Gasteiger partial charge in [-0.15, -0.1) is 0 Å². The maximum Gasteiger partial charge on any atom is 0.235 e. The molecule has 0 bridgehead atoms. The second-order valence-corrected chi connectivity index (χ2v) is 9.33. The number of nitrogens with zero attached hydrogens (tertiary/aromatic N) is 2. The Bertz CT molecular complexity index is 1160. The number of benzene rings is 2. The Balaban J connectivity index is 1.40. The lowest BCUT2D eigenvalue weighted by Gasteiger charge is -2.36. The first kappa shape index (κ1) is 24.7. The zero-order chi connectivity index (χ0) is 25.1. The molecule has 2 fully saturated rings. The predicted octanol–water partition coefficient (Wildman–Crippen LogP) is 2.29. The van der Waals surface area contributed by atoms with E-state index < -0.39 is 11.8 Å². The molecule has 0 aliphatic carbocycles. The minimum absolute atomic E-state index is 0.00390. The molecule has 2 aromatic rings. The van der Waals surface area contributed by atoms with E-state index in [1.165, 1.54) is 6.07 Å². The number of fused-ring (bicyclic) bond motifs is 1. The zero-order valence-electron chi connectivity index (χ0n) is 20.2. The molecule has 9 nitrogen and oxygen atoms in total. The normalized spacial score (nSPS) is 19.2. The zero-order valence-corrected chi connectivity index (χ0v) is 20.2. The van der Waals surface area contributed by atoms with Gasteiger partial charge in [-0.25, -0.2) is 0 Å². The summed E-state index contributed by atoms with van der Waals surface area (Å²) < 4.78 is 5.99. The van der Waals surface area contributed by atoms with E-state index >= 15 is 0 Å². The Morgan fingerprint density at radius 3 is 2.63 bits per heavy atom. The SMILES string of the molecule is CC(=O)N1CCC(N(C)CCOc2ccc3c(C(=N)C4CCC(=O)NC4=O)c(O)ccc3c2)CC1. The topological polar surface area (TPSA) is 123 Å². The van der Waals surface area contributed by atoms with E-state index in [-0.39, 0.29) is 36.1 Å². The van der Waals surface area contributed by atoms with E-state index in [0.717, 1.165) is 37.9 Å². The van der Waals surface area contributed by atoms with Crippen LogP contribution in [0.2, 0.25) is 0 Å². The molecule has 35 heavy (non-hydrogen) atoms. The van der Waals surface area contributed by atoms with Crippen molar-refractivity contribution in [1.29, 1.82) is 5.41 Å². The highest BCUT2D eigenvalue weighted by molar-refractivity contribution is 6.21. The molecule has 3 amide bonds. The number of likely N-dealkylation sites (tertiary alicyclic amines) is 1. The minimum Gasteiger partial charge on any atom is -0.507 e. The Morgan fingerprint density at radius 1 is 1.20 bits per heavy atom. The van der Waals surface area contributed by atoms with Crippen LogP contribution in [-0.2, 0) is 14.4 Å². The third-order valence-corrected chi connectivity index (χ3v) is 7.07. The molecule has 4 rings (SSSR count). The van der Waals surface area contributed by atoms with Crippen LogP contribution in [0.4, 0.5) is 0 Å². The molecular weight excluding hydrogens is 448 g/mol. The average molecular weight is 481 g/mol. The summed E-state index contributed by atoms with van der Waals surface area (Å²) in [7, 11) is 2.08. The molecule has 0 radical (unpaired) electrons. The van der Waals surface area contributed by atoms with Crippen molar-refractivity contribution in [3.63, 3.8) is 0 Å². The lowest BCUT2D eigenvalue weighted by molar-refractivity contribution is -0.134. The van der Waals surface area contributed by atoms with Crippen LogP contribution in [-0.4, -0.2) is 77.7 Å². The largest absolute Gasteiger partial charge is 0.507 e. The van der Waals surface area contributed by atoms with Crippen LogP contribution in [0.1, 0.15) is 38.2 Å². The van der Waals surface area contributed by atoms with Crippen LogP contribution in [0.5, 0.6) is 11.5 Å². The van der Waals surface area contributed by atoms with Gasteiger partial charge in [-0.2, -0.15) is 0 Å². The fraction of sp³-hybridized carbons (Fsp3) is 0.462. The van der Waals surface area contributed by atoms with E-state index in [1.807, 2.05) is 11.0 Å². The molecule has 1 unspecified atom stereocenters. The third kappa shape index (κ3) is 5.45. The summed E-state index contributed by atoms with van der Waals surface area (Å²) in [6.07, 6.45) is 2.34. The molecule has 9 heteroatoms. The first-order valence-corrected chi connectivity index (χ1v) is 12.0. The maximum atomic E-state index is 12.3. The number of nitrogens with one attached hydrogen (secondary N) is 2. The van der Waals surface area contributed by atoms with E-state index in [0.29, 0.717) is 29.3 Å². The van der Waals surface area contributed by atoms with Crippen molar-refractivity contribution in [2.24, 2.45) is 5.92 Å². The molecule has 0 spiro atoms. The van der Waals surface area contributed by atoms with Crippen LogP contribution in [0.15, 0.2) is 30.3 Å². The number of carbonyl (C=O) groups is 3. The number of hydrogen-bond acceptors (Lipinski definition) is 7. The number of imide groups is 1. The number of likely N-dealkylation sites (N-methyl/N-ethyl adjacent to an activating group) is 1. The Morgan fingerprint density at radius 2 is 1.94 bits per heavy atom. The molecule has 0 saturated carbocycles. The number of carbonyl (C=O) groups excluding carboxylic acids is 3. The second kappa shape index (κ2) is 10.4. The molecule has 2 aromatic carbocycles. The summed E-state index contributed by atoms with van der Waals surface area (Å²) in [5.74, 6) is -0.874. The molecule has 2 aliphatic rings. The van der Waals surface area contributed by atoms with Crippen molar-refractivity contribution in [3.8, 4) is 11.5 Å². The molecule has 3 N–H and O–H groups in total. The number of phenolic OH excluding ortho intramolecular Hbond substituents is 1. The van der Waals surface area contributed by atoms with Crippen molar-refractivity contribution in [3.05, 3.63) is 35.9 Å². The molecule has 2 saturated heterocycles. The van der Waals surface area contributed by atoms with Crippen LogP contribution < -0.4 is 10.1 Å². The summed E-state index contributed by atoms with van der Waals surface area (Å²) in [5.41, 5.74) is 0.310. The quantitative estimate of drug-likeness (QED) is 0.413. The summed E-state index contributed by atoms with van der Waals surface area (Å²) >= 11 is 0. The van der Waals surface area contributed by atoms with Gasteiger partial charge in [0.25, 0.3) is 0 Å². The lowest BCUT2D eigenvalue weighted by Crippen LogP contribution is -2.45. The number of rotatable bonds is 7. The number of aromatic hydroxyl groups is 1. The van der Waals surface area contributed by atoms with Crippen molar-refractivity contribution in [1.82, 2.24) is 15.1 Å². The Hall–Kier alpha value is -3.46. The van der Waals surface area contributed by atoms with Gasteiger partial charge in [0.05, 0.1) is 11.6 Å². The molecular formula is C26H32N4O5. The van der Waals surface area contributed by atoms with Gasteiger partial charge in [-0.3, -0.25) is 24.6 Å². The van der Waals surface area contributed by atoms with Crippen LogP contribution in [0.3, 0.4) is 0 Å². The predicted molar refractivity (Wildman–Crippen MR) is 132 cm³/mol. The number of hydrogen-bond donors (Lipinski definition) is 3. The van der Waals surface area contributed by atoms with Crippen LogP contribution >= 0.6 is 0 Å². The summed E-state index contributed by atoms with van der Waals surface area (Å²) in [6, 6.07) is 9.16. The second-order valence-electron chi connectivity index (χ2n) is 9.33. The monoisotopic (exact) mass is 480 g/mol. The average Bonchev–Trinajstić information content (AvgIpc) is 2.83.